The zero-order valence-electron chi connectivity index (χ0n) is 11.6. The summed E-state index contributed by atoms with van der Waals surface area (Å²) in [4.78, 5) is 13.8. The molecule has 20 heavy (non-hydrogen) atoms. The van der Waals surface area contributed by atoms with Crippen LogP contribution < -0.4 is 5.73 Å². The maximum Gasteiger partial charge on any atom is 0.227 e. The molecule has 1 heterocycles. The van der Waals surface area contributed by atoms with Crippen molar-refractivity contribution in [1.82, 2.24) is 4.90 Å². The predicted molar refractivity (Wildman–Crippen MR) is 73.0 cm³/mol. The quantitative estimate of drug-likeness (QED) is 0.922. The average Bonchev–Trinajstić information content (AvgIpc) is 2.43. The molecule has 5 heteroatoms. The number of nitrogens with zero attached hydrogens (tertiary/aromatic N) is 1. The van der Waals surface area contributed by atoms with Gasteiger partial charge in [0, 0.05) is 24.7 Å². The molecule has 3 nitrogen and oxygen atoms in total. The van der Waals surface area contributed by atoms with Gasteiger partial charge in [0.2, 0.25) is 5.91 Å². The molecule has 0 radical (unpaired) electrons. The van der Waals surface area contributed by atoms with Crippen molar-refractivity contribution in [2.45, 2.75) is 32.2 Å². The predicted octanol–water partition coefficient (Wildman–Crippen LogP) is 2.09. The topological polar surface area (TPSA) is 46.3 Å². The molecule has 1 aliphatic heterocycles. The van der Waals surface area contributed by atoms with Crippen molar-refractivity contribution in [3.05, 3.63) is 35.4 Å². The van der Waals surface area contributed by atoms with Gasteiger partial charge in [-0.2, -0.15) is 0 Å². The second-order valence-corrected chi connectivity index (χ2v) is 5.45. The van der Waals surface area contributed by atoms with Crippen LogP contribution in [0.2, 0.25) is 0 Å². The average molecular weight is 282 g/mol. The Kier molecular flexibility index (Phi) is 4.70. The number of benzene rings is 1. The highest BCUT2D eigenvalue weighted by atomic mass is 19.1. The lowest BCUT2D eigenvalue weighted by Crippen LogP contribution is -2.43. The Bertz CT molecular complexity index is 463. The molecule has 0 aliphatic carbocycles. The number of hydrogen-bond donors (Lipinski definition) is 1. The number of piperidine rings is 1. The van der Waals surface area contributed by atoms with Crippen LogP contribution in [0.1, 0.15) is 25.3 Å². The van der Waals surface area contributed by atoms with Crippen LogP contribution in [0.15, 0.2) is 18.2 Å². The Morgan fingerprint density at radius 1 is 1.35 bits per heavy atom. The summed E-state index contributed by atoms with van der Waals surface area (Å²) >= 11 is 0. The first-order chi connectivity index (χ1) is 9.49. The standard InChI is InChI=1S/C15H20F2N2O/c1-10(18)11-5-7-19(8-6-11)15(20)9-12-13(16)3-2-4-14(12)17/h2-4,10-11H,5-9,18H2,1H3. The summed E-state index contributed by atoms with van der Waals surface area (Å²) in [5, 5.41) is 0. The molecule has 2 rings (SSSR count). The first kappa shape index (κ1) is 14.9. The third-order valence-corrected chi connectivity index (χ3v) is 4.03. The Morgan fingerprint density at radius 3 is 2.40 bits per heavy atom. The van der Waals surface area contributed by atoms with Crippen molar-refractivity contribution in [3.63, 3.8) is 0 Å². The van der Waals surface area contributed by atoms with Crippen LogP contribution in [-0.2, 0) is 11.2 Å². The van der Waals surface area contributed by atoms with Gasteiger partial charge in [-0.1, -0.05) is 6.07 Å². The number of carbonyl (C=O) groups excluding carboxylic acids is 1. The Balaban J connectivity index is 1.96. The summed E-state index contributed by atoms with van der Waals surface area (Å²) in [6.07, 6.45) is 1.48. The molecule has 1 unspecified atom stereocenters. The lowest BCUT2D eigenvalue weighted by Gasteiger charge is -2.33. The molecule has 1 aliphatic rings. The molecular formula is C15H20F2N2O. The van der Waals surface area contributed by atoms with E-state index in [0.717, 1.165) is 12.8 Å². The summed E-state index contributed by atoms with van der Waals surface area (Å²) in [5.74, 6) is -1.13. The molecule has 1 amide bonds. The zero-order chi connectivity index (χ0) is 14.7. The van der Waals surface area contributed by atoms with E-state index < -0.39 is 11.6 Å². The molecule has 1 atom stereocenters. The van der Waals surface area contributed by atoms with Crippen molar-refractivity contribution in [3.8, 4) is 0 Å². The first-order valence-corrected chi connectivity index (χ1v) is 6.95. The van der Waals surface area contributed by atoms with Gasteiger partial charge in [0.25, 0.3) is 0 Å². The van der Waals surface area contributed by atoms with E-state index in [2.05, 4.69) is 0 Å². The molecule has 1 aromatic rings. The van der Waals surface area contributed by atoms with E-state index in [0.29, 0.717) is 19.0 Å². The Morgan fingerprint density at radius 2 is 1.90 bits per heavy atom. The Hall–Kier alpha value is -1.49. The van der Waals surface area contributed by atoms with Crippen molar-refractivity contribution < 1.29 is 13.6 Å². The fraction of sp³-hybridized carbons (Fsp3) is 0.533. The van der Waals surface area contributed by atoms with E-state index in [1.807, 2.05) is 6.92 Å². The highest BCUT2D eigenvalue weighted by Crippen LogP contribution is 2.21. The molecule has 1 fully saturated rings. The molecule has 0 spiro atoms. The van der Waals surface area contributed by atoms with Gasteiger partial charge in [-0.05, 0) is 37.8 Å². The van der Waals surface area contributed by atoms with Crippen LogP contribution in [0.5, 0.6) is 0 Å². The number of amides is 1. The molecule has 110 valence electrons. The van der Waals surface area contributed by atoms with E-state index in [1.54, 1.807) is 4.90 Å². The summed E-state index contributed by atoms with van der Waals surface area (Å²) in [6, 6.07) is 3.77. The van der Waals surface area contributed by atoms with Gasteiger partial charge < -0.3 is 10.6 Å². The van der Waals surface area contributed by atoms with E-state index in [4.69, 9.17) is 5.73 Å². The molecule has 0 saturated carbocycles. The van der Waals surface area contributed by atoms with Crippen molar-refractivity contribution >= 4 is 5.91 Å². The number of carbonyl (C=O) groups is 1. The Labute approximate surface area is 117 Å². The number of likely N-dealkylation sites (tertiary alicyclic amines) is 1. The maximum absolute atomic E-state index is 13.5. The van der Waals surface area contributed by atoms with Crippen LogP contribution >= 0.6 is 0 Å². The largest absolute Gasteiger partial charge is 0.342 e. The third kappa shape index (κ3) is 3.33. The van der Waals surface area contributed by atoms with E-state index in [1.165, 1.54) is 18.2 Å². The van der Waals surface area contributed by atoms with Gasteiger partial charge in [0.15, 0.2) is 0 Å². The summed E-state index contributed by atoms with van der Waals surface area (Å²) in [6.45, 7) is 3.19. The monoisotopic (exact) mass is 282 g/mol. The molecule has 2 N–H and O–H groups in total. The van der Waals surface area contributed by atoms with Crippen LogP contribution in [0.25, 0.3) is 0 Å². The number of halogens is 2. The zero-order valence-corrected chi connectivity index (χ0v) is 11.6. The minimum Gasteiger partial charge on any atom is -0.342 e. The fourth-order valence-electron chi connectivity index (χ4n) is 2.64. The minimum absolute atomic E-state index is 0.122. The van der Waals surface area contributed by atoms with E-state index in [9.17, 15) is 13.6 Å². The van der Waals surface area contributed by atoms with Crippen molar-refractivity contribution in [2.24, 2.45) is 11.7 Å². The van der Waals surface area contributed by atoms with Gasteiger partial charge in [-0.3, -0.25) is 4.79 Å². The van der Waals surface area contributed by atoms with Gasteiger partial charge in [0.1, 0.15) is 11.6 Å². The molecule has 1 aromatic carbocycles. The second kappa shape index (κ2) is 6.31. The van der Waals surface area contributed by atoms with Crippen molar-refractivity contribution in [1.29, 1.82) is 0 Å². The number of rotatable bonds is 3. The number of nitrogens with two attached hydrogens (primary N) is 1. The lowest BCUT2D eigenvalue weighted by atomic mass is 9.90. The van der Waals surface area contributed by atoms with Crippen LogP contribution in [0, 0.1) is 17.6 Å². The molecule has 1 saturated heterocycles. The highest BCUT2D eigenvalue weighted by molar-refractivity contribution is 5.79. The van der Waals surface area contributed by atoms with Crippen LogP contribution in [0.3, 0.4) is 0 Å². The van der Waals surface area contributed by atoms with Crippen LogP contribution in [-0.4, -0.2) is 29.9 Å². The van der Waals surface area contributed by atoms with Crippen molar-refractivity contribution in [2.75, 3.05) is 13.1 Å². The van der Waals surface area contributed by atoms with Gasteiger partial charge in [-0.15, -0.1) is 0 Å². The summed E-state index contributed by atoms with van der Waals surface area (Å²) < 4.78 is 27.0. The molecular weight excluding hydrogens is 262 g/mol. The molecule has 0 bridgehead atoms. The minimum atomic E-state index is -0.663. The SMILES string of the molecule is CC(N)C1CCN(C(=O)Cc2c(F)cccc2F)CC1. The fourth-order valence-corrected chi connectivity index (χ4v) is 2.64. The summed E-state index contributed by atoms with van der Waals surface area (Å²) in [7, 11) is 0. The van der Waals surface area contributed by atoms with Gasteiger partial charge in [0.05, 0.1) is 6.42 Å². The number of hydrogen-bond acceptors (Lipinski definition) is 2. The maximum atomic E-state index is 13.5. The molecule has 0 aromatic heterocycles. The second-order valence-electron chi connectivity index (χ2n) is 5.45. The van der Waals surface area contributed by atoms with Gasteiger partial charge >= 0.3 is 0 Å². The van der Waals surface area contributed by atoms with Gasteiger partial charge in [-0.25, -0.2) is 8.78 Å². The van der Waals surface area contributed by atoms with E-state index in [-0.39, 0.29) is 23.9 Å². The van der Waals surface area contributed by atoms with E-state index >= 15 is 0 Å². The van der Waals surface area contributed by atoms with Crippen LogP contribution in [0.4, 0.5) is 8.78 Å². The smallest absolute Gasteiger partial charge is 0.227 e. The lowest BCUT2D eigenvalue weighted by molar-refractivity contribution is -0.132. The highest BCUT2D eigenvalue weighted by Gasteiger charge is 2.25. The first-order valence-electron chi connectivity index (χ1n) is 6.95. The third-order valence-electron chi connectivity index (χ3n) is 4.03. The normalized spacial score (nSPS) is 18.1. The summed E-state index contributed by atoms with van der Waals surface area (Å²) in [5.41, 5.74) is 5.70.